The van der Waals surface area contributed by atoms with Gasteiger partial charge in [-0.3, -0.25) is 4.79 Å². The van der Waals surface area contributed by atoms with Crippen LogP contribution in [0, 0.1) is 23.7 Å². The zero-order valence-electron chi connectivity index (χ0n) is 17.2. The van der Waals surface area contributed by atoms with Gasteiger partial charge >= 0.3 is 11.9 Å². The molecule has 0 aliphatic rings. The standard InChI is InChI=1S/C21H34O6/c1-7-19(22)26-8-9-27-20(23)13-18(21(24)25)17(6)12-16(5)11-15(4)10-14(2)3/h7,12,14-16,18H,1,8-11,13H2,2-6H3,(H,24,25)/p-1/b17-12+. The molecule has 0 aromatic heterocycles. The lowest BCUT2D eigenvalue weighted by molar-refractivity contribution is -0.310. The maximum absolute atomic E-state index is 11.9. The van der Waals surface area contributed by atoms with Crippen LogP contribution in [0.3, 0.4) is 0 Å². The molecule has 3 atom stereocenters. The average Bonchev–Trinajstić information content (AvgIpc) is 2.54. The highest BCUT2D eigenvalue weighted by molar-refractivity contribution is 5.81. The Bertz CT molecular complexity index is 535. The molecular formula is C21H33O6-. The smallest absolute Gasteiger partial charge is 0.330 e. The molecule has 0 rings (SSSR count). The van der Waals surface area contributed by atoms with E-state index in [0.717, 1.165) is 18.9 Å². The Labute approximate surface area is 162 Å². The fourth-order valence-corrected chi connectivity index (χ4v) is 3.18. The van der Waals surface area contributed by atoms with Crippen molar-refractivity contribution in [3.8, 4) is 0 Å². The van der Waals surface area contributed by atoms with E-state index in [1.807, 2.05) is 13.0 Å². The molecule has 6 nitrogen and oxygen atoms in total. The molecule has 3 unspecified atom stereocenters. The van der Waals surface area contributed by atoms with Gasteiger partial charge in [-0.15, -0.1) is 0 Å². The molecule has 0 saturated heterocycles. The number of ether oxygens (including phenoxy) is 2. The van der Waals surface area contributed by atoms with Crippen molar-refractivity contribution in [2.24, 2.45) is 23.7 Å². The molecule has 0 amide bonds. The van der Waals surface area contributed by atoms with Crippen LogP contribution < -0.4 is 5.11 Å². The minimum Gasteiger partial charge on any atom is -0.549 e. The summed E-state index contributed by atoms with van der Waals surface area (Å²) < 4.78 is 9.60. The predicted octanol–water partition coefficient (Wildman–Crippen LogP) is 2.67. The number of allylic oxidation sites excluding steroid dienone is 1. The summed E-state index contributed by atoms with van der Waals surface area (Å²) in [6.07, 6.45) is 4.66. The summed E-state index contributed by atoms with van der Waals surface area (Å²) in [6.45, 7) is 13.3. The van der Waals surface area contributed by atoms with Crippen molar-refractivity contribution in [1.29, 1.82) is 0 Å². The summed E-state index contributed by atoms with van der Waals surface area (Å²) in [4.78, 5) is 34.2. The molecule has 27 heavy (non-hydrogen) atoms. The molecule has 0 N–H and O–H groups in total. The third-order valence-corrected chi connectivity index (χ3v) is 4.16. The molecule has 0 aliphatic heterocycles. The van der Waals surface area contributed by atoms with E-state index in [-0.39, 0.29) is 25.6 Å². The van der Waals surface area contributed by atoms with Gasteiger partial charge in [-0.05, 0) is 37.5 Å². The second-order valence-electron chi connectivity index (χ2n) is 7.53. The Morgan fingerprint density at radius 2 is 1.63 bits per heavy atom. The third kappa shape index (κ3) is 12.0. The summed E-state index contributed by atoms with van der Waals surface area (Å²) in [5.74, 6) is -2.26. The molecule has 154 valence electrons. The Morgan fingerprint density at radius 1 is 1.04 bits per heavy atom. The van der Waals surface area contributed by atoms with Gasteiger partial charge < -0.3 is 19.4 Å². The number of hydrogen-bond donors (Lipinski definition) is 0. The zero-order valence-corrected chi connectivity index (χ0v) is 17.2. The first kappa shape index (κ1) is 24.9. The number of carboxylic acids is 1. The van der Waals surface area contributed by atoms with Gasteiger partial charge in [0.1, 0.15) is 13.2 Å². The number of esters is 2. The first-order valence-electron chi connectivity index (χ1n) is 9.40. The molecule has 0 aromatic rings. The number of carbonyl (C=O) groups is 3. The molecular weight excluding hydrogens is 348 g/mol. The summed E-state index contributed by atoms with van der Waals surface area (Å²) >= 11 is 0. The van der Waals surface area contributed by atoms with E-state index in [0.29, 0.717) is 17.4 Å². The number of hydrogen-bond acceptors (Lipinski definition) is 6. The van der Waals surface area contributed by atoms with Crippen LogP contribution in [0.15, 0.2) is 24.3 Å². The van der Waals surface area contributed by atoms with Gasteiger partial charge in [0.2, 0.25) is 0 Å². The van der Waals surface area contributed by atoms with Gasteiger partial charge in [0, 0.05) is 18.0 Å². The minimum absolute atomic E-state index is 0.105. The second-order valence-corrected chi connectivity index (χ2v) is 7.53. The first-order chi connectivity index (χ1) is 12.6. The Morgan fingerprint density at radius 3 is 2.15 bits per heavy atom. The van der Waals surface area contributed by atoms with Crippen molar-refractivity contribution < 1.29 is 29.0 Å². The summed E-state index contributed by atoms with van der Waals surface area (Å²) in [7, 11) is 0. The van der Waals surface area contributed by atoms with Crippen molar-refractivity contribution in [3.63, 3.8) is 0 Å². The summed E-state index contributed by atoms with van der Waals surface area (Å²) in [5, 5.41) is 11.4. The number of carboxylic acid groups (broad SMARTS) is 1. The summed E-state index contributed by atoms with van der Waals surface area (Å²) in [6, 6.07) is 0. The fraction of sp³-hybridized carbons (Fsp3) is 0.667. The molecule has 0 heterocycles. The molecule has 0 aliphatic carbocycles. The molecule has 0 bridgehead atoms. The van der Waals surface area contributed by atoms with Crippen LogP contribution in [0.25, 0.3) is 0 Å². The Kier molecular flexibility index (Phi) is 12.1. The third-order valence-electron chi connectivity index (χ3n) is 4.16. The quantitative estimate of drug-likeness (QED) is 0.211. The zero-order chi connectivity index (χ0) is 21.0. The first-order valence-corrected chi connectivity index (χ1v) is 9.40. The van der Waals surface area contributed by atoms with Crippen LogP contribution in [0.4, 0.5) is 0 Å². The van der Waals surface area contributed by atoms with Gasteiger partial charge in [-0.1, -0.05) is 45.9 Å². The highest BCUT2D eigenvalue weighted by Gasteiger charge is 2.19. The number of aliphatic carboxylic acids is 1. The Balaban J connectivity index is 4.62. The van der Waals surface area contributed by atoms with Crippen molar-refractivity contribution >= 4 is 17.9 Å². The summed E-state index contributed by atoms with van der Waals surface area (Å²) in [5.41, 5.74) is 0.592. The molecule has 0 saturated carbocycles. The van der Waals surface area contributed by atoms with E-state index in [9.17, 15) is 19.5 Å². The normalized spacial score (nSPS) is 15.0. The van der Waals surface area contributed by atoms with Crippen molar-refractivity contribution in [2.45, 2.75) is 53.9 Å². The second kappa shape index (κ2) is 13.1. The SMILES string of the molecule is C=CC(=O)OCCOC(=O)CC(C(=O)[O-])/C(C)=C/C(C)CC(C)CC(C)C. The largest absolute Gasteiger partial charge is 0.549 e. The van der Waals surface area contributed by atoms with E-state index in [2.05, 4.69) is 32.1 Å². The molecule has 0 radical (unpaired) electrons. The van der Waals surface area contributed by atoms with Gasteiger partial charge in [0.15, 0.2) is 0 Å². The lowest BCUT2D eigenvalue weighted by Gasteiger charge is -2.21. The van der Waals surface area contributed by atoms with Gasteiger partial charge in [-0.2, -0.15) is 0 Å². The van der Waals surface area contributed by atoms with E-state index in [1.165, 1.54) is 0 Å². The minimum atomic E-state index is -1.30. The van der Waals surface area contributed by atoms with Gasteiger partial charge in [0.25, 0.3) is 0 Å². The molecule has 0 spiro atoms. The lowest BCUT2D eigenvalue weighted by atomic mass is 9.87. The van der Waals surface area contributed by atoms with E-state index < -0.39 is 23.8 Å². The maximum Gasteiger partial charge on any atom is 0.330 e. The van der Waals surface area contributed by atoms with E-state index in [1.54, 1.807) is 6.92 Å². The van der Waals surface area contributed by atoms with Gasteiger partial charge in [-0.25, -0.2) is 4.79 Å². The highest BCUT2D eigenvalue weighted by Crippen LogP contribution is 2.24. The van der Waals surface area contributed by atoms with Crippen LogP contribution in [0.1, 0.15) is 53.9 Å². The average molecular weight is 381 g/mol. The number of carbonyl (C=O) groups excluding carboxylic acids is 3. The van der Waals surface area contributed by atoms with Crippen LogP contribution >= 0.6 is 0 Å². The lowest BCUT2D eigenvalue weighted by Crippen LogP contribution is -2.34. The van der Waals surface area contributed by atoms with Crippen LogP contribution in [-0.2, 0) is 23.9 Å². The van der Waals surface area contributed by atoms with Crippen molar-refractivity contribution in [1.82, 2.24) is 0 Å². The van der Waals surface area contributed by atoms with Crippen LogP contribution in [-0.4, -0.2) is 31.1 Å². The van der Waals surface area contributed by atoms with Gasteiger partial charge in [0.05, 0.1) is 6.42 Å². The van der Waals surface area contributed by atoms with E-state index in [4.69, 9.17) is 4.74 Å². The van der Waals surface area contributed by atoms with E-state index >= 15 is 0 Å². The van der Waals surface area contributed by atoms with Crippen molar-refractivity contribution in [3.05, 3.63) is 24.3 Å². The predicted molar refractivity (Wildman–Crippen MR) is 101 cm³/mol. The maximum atomic E-state index is 11.9. The van der Waals surface area contributed by atoms with Crippen LogP contribution in [0.2, 0.25) is 0 Å². The Hall–Kier alpha value is -2.11. The fourth-order valence-electron chi connectivity index (χ4n) is 3.18. The highest BCUT2D eigenvalue weighted by atomic mass is 16.6. The molecule has 6 heteroatoms. The topological polar surface area (TPSA) is 92.7 Å². The monoisotopic (exact) mass is 381 g/mol. The molecule has 0 fully saturated rings. The van der Waals surface area contributed by atoms with Crippen molar-refractivity contribution in [2.75, 3.05) is 13.2 Å². The number of rotatable bonds is 13. The molecule has 0 aromatic carbocycles. The van der Waals surface area contributed by atoms with Crippen LogP contribution in [0.5, 0.6) is 0 Å².